The number of anilines is 1. The first-order valence-electron chi connectivity index (χ1n) is 10.8. The van der Waals surface area contributed by atoms with Gasteiger partial charge in [-0.3, -0.25) is 9.89 Å². The van der Waals surface area contributed by atoms with Crippen molar-refractivity contribution in [3.63, 3.8) is 0 Å². The lowest BCUT2D eigenvalue weighted by Gasteiger charge is -2.29. The lowest BCUT2D eigenvalue weighted by Crippen LogP contribution is -2.39. The lowest BCUT2D eigenvalue weighted by atomic mass is 10.1. The van der Waals surface area contributed by atoms with Crippen molar-refractivity contribution in [2.24, 2.45) is 4.99 Å². The minimum atomic E-state index is 0.242. The van der Waals surface area contributed by atoms with Crippen LogP contribution in [-0.4, -0.2) is 58.4 Å². The van der Waals surface area contributed by atoms with Gasteiger partial charge in [0.2, 0.25) is 0 Å². The van der Waals surface area contributed by atoms with E-state index in [0.29, 0.717) is 18.3 Å². The van der Waals surface area contributed by atoms with Crippen molar-refractivity contribution in [2.45, 2.75) is 25.8 Å². The summed E-state index contributed by atoms with van der Waals surface area (Å²) in [6, 6.07) is 14.3. The molecule has 1 heterocycles. The highest BCUT2D eigenvalue weighted by Gasteiger charge is 2.24. The molecule has 0 amide bonds. The Labute approximate surface area is 185 Å². The fraction of sp³-hybridized carbons (Fsp3) is 0.458. The van der Waals surface area contributed by atoms with Crippen LogP contribution in [0.1, 0.15) is 31.4 Å². The van der Waals surface area contributed by atoms with Crippen molar-refractivity contribution in [3.05, 3.63) is 48.0 Å². The molecule has 0 aliphatic carbocycles. The minimum absolute atomic E-state index is 0.242. The zero-order chi connectivity index (χ0) is 22.1. The number of methoxy groups -OCH3 is 2. The highest BCUT2D eigenvalue weighted by molar-refractivity contribution is 5.93. The predicted octanol–water partition coefficient (Wildman–Crippen LogP) is 3.93. The summed E-state index contributed by atoms with van der Waals surface area (Å²) in [6.07, 6.45) is 2.47. The Morgan fingerprint density at radius 3 is 2.55 bits per heavy atom. The molecule has 7 heteroatoms. The van der Waals surface area contributed by atoms with Gasteiger partial charge in [0.1, 0.15) is 5.75 Å². The van der Waals surface area contributed by atoms with Crippen molar-refractivity contribution in [1.82, 2.24) is 10.2 Å². The first-order chi connectivity index (χ1) is 15.2. The summed E-state index contributed by atoms with van der Waals surface area (Å²) in [7, 11) is 5.13. The number of likely N-dealkylation sites (tertiary alicyclic amines) is 1. The van der Waals surface area contributed by atoms with Crippen LogP contribution < -0.4 is 24.8 Å². The van der Waals surface area contributed by atoms with Crippen molar-refractivity contribution < 1.29 is 14.2 Å². The molecule has 168 valence electrons. The fourth-order valence-corrected chi connectivity index (χ4v) is 3.89. The van der Waals surface area contributed by atoms with Crippen LogP contribution in [0.25, 0.3) is 0 Å². The second-order valence-electron chi connectivity index (χ2n) is 7.41. The lowest BCUT2D eigenvalue weighted by molar-refractivity contribution is 0.245. The molecule has 2 N–H and O–H groups in total. The Morgan fingerprint density at radius 1 is 1.06 bits per heavy atom. The van der Waals surface area contributed by atoms with E-state index in [2.05, 4.69) is 38.7 Å². The Morgan fingerprint density at radius 2 is 1.87 bits per heavy atom. The minimum Gasteiger partial charge on any atom is -0.497 e. The van der Waals surface area contributed by atoms with Crippen molar-refractivity contribution in [3.8, 4) is 17.2 Å². The van der Waals surface area contributed by atoms with Crippen molar-refractivity contribution in [1.29, 1.82) is 0 Å². The molecule has 7 nitrogen and oxygen atoms in total. The summed E-state index contributed by atoms with van der Waals surface area (Å²) < 4.78 is 16.5. The summed E-state index contributed by atoms with van der Waals surface area (Å²) in [6.45, 7) is 5.49. The number of hydrogen-bond acceptors (Lipinski definition) is 5. The molecule has 1 unspecified atom stereocenters. The van der Waals surface area contributed by atoms with Gasteiger partial charge in [0, 0.05) is 25.3 Å². The van der Waals surface area contributed by atoms with Gasteiger partial charge in [-0.15, -0.1) is 0 Å². The number of aliphatic imine (C=N–C) groups is 1. The third-order valence-electron chi connectivity index (χ3n) is 5.47. The van der Waals surface area contributed by atoms with E-state index in [9.17, 15) is 0 Å². The van der Waals surface area contributed by atoms with E-state index < -0.39 is 0 Å². The summed E-state index contributed by atoms with van der Waals surface area (Å²) in [5.74, 6) is 3.00. The Kier molecular flexibility index (Phi) is 8.41. The van der Waals surface area contributed by atoms with E-state index >= 15 is 0 Å². The van der Waals surface area contributed by atoms with Crippen LogP contribution in [0.3, 0.4) is 0 Å². The predicted molar refractivity (Wildman–Crippen MR) is 126 cm³/mol. The maximum Gasteiger partial charge on any atom is 0.195 e. The van der Waals surface area contributed by atoms with Crippen LogP contribution in [0.4, 0.5) is 5.69 Å². The van der Waals surface area contributed by atoms with Gasteiger partial charge in [-0.1, -0.05) is 12.1 Å². The number of ether oxygens (including phenoxy) is 3. The topological polar surface area (TPSA) is 67.3 Å². The second-order valence-corrected chi connectivity index (χ2v) is 7.41. The molecular formula is C24H34N4O3. The highest BCUT2D eigenvalue weighted by Crippen LogP contribution is 2.30. The van der Waals surface area contributed by atoms with Crippen LogP contribution in [0.2, 0.25) is 0 Å². The average Bonchev–Trinajstić information content (AvgIpc) is 3.34. The van der Waals surface area contributed by atoms with E-state index in [1.807, 2.05) is 31.2 Å². The largest absolute Gasteiger partial charge is 0.497 e. The van der Waals surface area contributed by atoms with E-state index in [4.69, 9.17) is 14.2 Å². The summed E-state index contributed by atoms with van der Waals surface area (Å²) in [4.78, 5) is 6.93. The molecule has 0 spiro atoms. The maximum atomic E-state index is 5.60. The maximum absolute atomic E-state index is 5.60. The molecule has 1 atom stereocenters. The second kappa shape index (κ2) is 11.5. The molecule has 1 aliphatic heterocycles. The number of benzene rings is 2. The molecule has 1 fully saturated rings. The van der Waals surface area contributed by atoms with Crippen LogP contribution >= 0.6 is 0 Å². The van der Waals surface area contributed by atoms with Gasteiger partial charge in [0.05, 0.1) is 26.9 Å². The van der Waals surface area contributed by atoms with Gasteiger partial charge in [0.25, 0.3) is 0 Å². The van der Waals surface area contributed by atoms with Crippen LogP contribution in [0.5, 0.6) is 17.2 Å². The van der Waals surface area contributed by atoms with Gasteiger partial charge < -0.3 is 24.8 Å². The number of guanidine groups is 1. The average molecular weight is 427 g/mol. The van der Waals surface area contributed by atoms with E-state index in [1.165, 1.54) is 18.4 Å². The first-order valence-corrected chi connectivity index (χ1v) is 10.8. The summed E-state index contributed by atoms with van der Waals surface area (Å²) >= 11 is 0. The van der Waals surface area contributed by atoms with Crippen LogP contribution in [0.15, 0.2) is 47.5 Å². The summed E-state index contributed by atoms with van der Waals surface area (Å²) in [5, 5.41) is 6.85. The van der Waals surface area contributed by atoms with Gasteiger partial charge in [0.15, 0.2) is 17.5 Å². The molecule has 0 saturated carbocycles. The molecule has 1 aliphatic rings. The monoisotopic (exact) mass is 426 g/mol. The van der Waals surface area contributed by atoms with Gasteiger partial charge in [-0.25, -0.2) is 0 Å². The fourth-order valence-electron chi connectivity index (χ4n) is 3.89. The van der Waals surface area contributed by atoms with E-state index in [1.54, 1.807) is 21.3 Å². The molecule has 2 aromatic rings. The van der Waals surface area contributed by atoms with Crippen molar-refractivity contribution >= 4 is 11.6 Å². The smallest absolute Gasteiger partial charge is 0.195 e. The van der Waals surface area contributed by atoms with Crippen LogP contribution in [-0.2, 0) is 0 Å². The standard InChI is InChI=1S/C24H34N4O3/c1-5-31-22-12-11-19(16-23(22)30-4)27-24(25-2)26-17-21(28-13-6-7-14-28)18-9-8-10-20(15-18)29-3/h8-12,15-16,21H,5-7,13-14,17H2,1-4H3,(H2,25,26,27). The van der Waals surface area contributed by atoms with E-state index in [0.717, 1.165) is 36.8 Å². The molecule has 31 heavy (non-hydrogen) atoms. The molecule has 0 aromatic heterocycles. The quantitative estimate of drug-likeness (QED) is 0.468. The Balaban J connectivity index is 1.71. The molecular weight excluding hydrogens is 392 g/mol. The molecule has 3 rings (SSSR count). The molecule has 0 bridgehead atoms. The molecule has 1 saturated heterocycles. The Hall–Kier alpha value is -2.93. The summed E-state index contributed by atoms with van der Waals surface area (Å²) in [5.41, 5.74) is 2.12. The normalized spacial score (nSPS) is 15.4. The molecule has 2 aromatic carbocycles. The number of nitrogens with zero attached hydrogens (tertiary/aromatic N) is 2. The number of hydrogen-bond donors (Lipinski definition) is 2. The zero-order valence-electron chi connectivity index (χ0n) is 19.0. The highest BCUT2D eigenvalue weighted by atomic mass is 16.5. The molecule has 0 radical (unpaired) electrons. The van der Waals surface area contributed by atoms with E-state index in [-0.39, 0.29) is 6.04 Å². The zero-order valence-corrected chi connectivity index (χ0v) is 19.0. The SMILES string of the molecule is CCOc1ccc(NC(=NC)NCC(c2cccc(OC)c2)N2CCCC2)cc1OC. The Bertz CT molecular complexity index is 866. The number of nitrogens with one attached hydrogen (secondary N) is 2. The third kappa shape index (κ3) is 6.04. The van der Waals surface area contributed by atoms with Crippen molar-refractivity contribution in [2.75, 3.05) is 52.8 Å². The van der Waals surface area contributed by atoms with Gasteiger partial charge >= 0.3 is 0 Å². The first kappa shape index (κ1) is 22.7. The third-order valence-corrected chi connectivity index (χ3v) is 5.47. The van der Waals surface area contributed by atoms with Gasteiger partial charge in [-0.05, 0) is 62.7 Å². The van der Waals surface area contributed by atoms with Crippen LogP contribution in [0, 0.1) is 0 Å². The number of rotatable bonds is 9. The van der Waals surface area contributed by atoms with Gasteiger partial charge in [-0.2, -0.15) is 0 Å².